The molecular weight excluding hydrogens is 216 g/mol. The average Bonchev–Trinajstić information content (AvgIpc) is 2.97. The Hall–Kier alpha value is -0.380. The van der Waals surface area contributed by atoms with Gasteiger partial charge in [0, 0.05) is 23.5 Å². The lowest BCUT2D eigenvalue weighted by atomic mass is 10.1. The highest BCUT2D eigenvalue weighted by Gasteiger charge is 2.34. The zero-order valence-electron chi connectivity index (χ0n) is 10.2. The van der Waals surface area contributed by atoms with Crippen LogP contribution in [-0.2, 0) is 6.42 Å². The van der Waals surface area contributed by atoms with Crippen LogP contribution < -0.4 is 5.73 Å². The summed E-state index contributed by atoms with van der Waals surface area (Å²) >= 11 is 1.85. The largest absolute Gasteiger partial charge is 0.329 e. The van der Waals surface area contributed by atoms with Gasteiger partial charge in [-0.15, -0.1) is 11.3 Å². The van der Waals surface area contributed by atoms with E-state index in [1.165, 1.54) is 17.7 Å². The summed E-state index contributed by atoms with van der Waals surface area (Å²) in [6, 6.07) is 5.54. The summed E-state index contributed by atoms with van der Waals surface area (Å²) in [6.45, 7) is 3.11. The predicted molar refractivity (Wildman–Crippen MR) is 70.8 cm³/mol. The number of hydrogen-bond acceptors (Lipinski definition) is 3. The highest BCUT2D eigenvalue weighted by Crippen LogP contribution is 2.35. The van der Waals surface area contributed by atoms with Crippen molar-refractivity contribution in [2.45, 2.75) is 38.3 Å². The highest BCUT2D eigenvalue weighted by molar-refractivity contribution is 7.09. The van der Waals surface area contributed by atoms with Gasteiger partial charge in [0.25, 0.3) is 0 Å². The van der Waals surface area contributed by atoms with Crippen molar-refractivity contribution in [1.29, 1.82) is 0 Å². The molecule has 0 amide bonds. The van der Waals surface area contributed by atoms with E-state index in [1.807, 2.05) is 11.3 Å². The van der Waals surface area contributed by atoms with Crippen LogP contribution in [-0.4, -0.2) is 30.6 Å². The van der Waals surface area contributed by atoms with Crippen molar-refractivity contribution in [2.75, 3.05) is 13.6 Å². The average molecular weight is 238 g/mol. The van der Waals surface area contributed by atoms with Crippen LogP contribution in [0.4, 0.5) is 0 Å². The summed E-state index contributed by atoms with van der Waals surface area (Å²) < 4.78 is 0. The molecule has 0 aromatic carbocycles. The van der Waals surface area contributed by atoms with Crippen molar-refractivity contribution < 1.29 is 0 Å². The van der Waals surface area contributed by atoms with E-state index in [0.717, 1.165) is 18.9 Å². The molecule has 3 heteroatoms. The van der Waals surface area contributed by atoms with E-state index in [1.54, 1.807) is 0 Å². The molecule has 2 rings (SSSR count). The van der Waals surface area contributed by atoms with E-state index in [9.17, 15) is 0 Å². The molecule has 16 heavy (non-hydrogen) atoms. The van der Waals surface area contributed by atoms with E-state index in [2.05, 4.69) is 36.4 Å². The van der Waals surface area contributed by atoms with E-state index in [0.29, 0.717) is 12.1 Å². The van der Waals surface area contributed by atoms with Crippen LogP contribution in [0.2, 0.25) is 0 Å². The molecule has 2 atom stereocenters. The number of likely N-dealkylation sites (N-methyl/N-ethyl adjacent to an activating group) is 1. The molecular formula is C13H22N2S. The Bertz CT molecular complexity index is 306. The van der Waals surface area contributed by atoms with Gasteiger partial charge in [0.05, 0.1) is 0 Å². The predicted octanol–water partition coefficient (Wildman–Crippen LogP) is 2.35. The molecule has 0 radical (unpaired) electrons. The van der Waals surface area contributed by atoms with Crippen LogP contribution in [0.3, 0.4) is 0 Å². The zero-order chi connectivity index (χ0) is 11.5. The molecule has 1 heterocycles. The van der Waals surface area contributed by atoms with Crippen LogP contribution in [0.15, 0.2) is 17.5 Å². The van der Waals surface area contributed by atoms with Gasteiger partial charge in [0.15, 0.2) is 0 Å². The van der Waals surface area contributed by atoms with Crippen molar-refractivity contribution in [3.63, 3.8) is 0 Å². The second-order valence-corrected chi connectivity index (χ2v) is 5.97. The first-order valence-electron chi connectivity index (χ1n) is 6.16. The lowest BCUT2D eigenvalue weighted by molar-refractivity contribution is 0.169. The molecule has 0 saturated heterocycles. The minimum Gasteiger partial charge on any atom is -0.329 e. The van der Waals surface area contributed by atoms with Gasteiger partial charge in [-0.05, 0) is 50.6 Å². The fourth-order valence-corrected chi connectivity index (χ4v) is 3.19. The molecule has 1 aromatic rings. The summed E-state index contributed by atoms with van der Waals surface area (Å²) in [5.41, 5.74) is 5.89. The molecule has 0 aliphatic heterocycles. The van der Waals surface area contributed by atoms with Crippen molar-refractivity contribution >= 4 is 11.3 Å². The second kappa shape index (κ2) is 5.30. The maximum Gasteiger partial charge on any atom is 0.0246 e. The molecule has 1 fully saturated rings. The third-order valence-corrected chi connectivity index (χ3v) is 4.60. The third-order valence-electron chi connectivity index (χ3n) is 3.70. The first kappa shape index (κ1) is 12.1. The molecule has 1 saturated carbocycles. The van der Waals surface area contributed by atoms with Gasteiger partial charge < -0.3 is 5.73 Å². The third kappa shape index (κ3) is 2.84. The lowest BCUT2D eigenvalue weighted by Crippen LogP contribution is -2.45. The van der Waals surface area contributed by atoms with E-state index < -0.39 is 0 Å². The first-order valence-corrected chi connectivity index (χ1v) is 7.04. The van der Waals surface area contributed by atoms with Gasteiger partial charge >= 0.3 is 0 Å². The highest BCUT2D eigenvalue weighted by atomic mass is 32.1. The molecule has 0 spiro atoms. The maximum absolute atomic E-state index is 5.89. The van der Waals surface area contributed by atoms with Crippen molar-refractivity contribution in [1.82, 2.24) is 4.90 Å². The summed E-state index contributed by atoms with van der Waals surface area (Å²) in [6.07, 6.45) is 3.90. The molecule has 1 aliphatic carbocycles. The minimum absolute atomic E-state index is 0.591. The molecule has 90 valence electrons. The maximum atomic E-state index is 5.89. The number of nitrogens with zero attached hydrogens (tertiary/aromatic N) is 1. The Morgan fingerprint density at radius 1 is 1.56 bits per heavy atom. The fraction of sp³-hybridized carbons (Fsp3) is 0.692. The van der Waals surface area contributed by atoms with Gasteiger partial charge in [0.2, 0.25) is 0 Å². The monoisotopic (exact) mass is 238 g/mol. The van der Waals surface area contributed by atoms with E-state index in [-0.39, 0.29) is 0 Å². The number of thiophene rings is 1. The molecule has 2 nitrogen and oxygen atoms in total. The Morgan fingerprint density at radius 3 is 2.81 bits per heavy atom. The lowest BCUT2D eigenvalue weighted by Gasteiger charge is -2.32. The Kier molecular flexibility index (Phi) is 4.00. The van der Waals surface area contributed by atoms with Gasteiger partial charge in [-0.25, -0.2) is 0 Å². The van der Waals surface area contributed by atoms with Crippen LogP contribution in [0.25, 0.3) is 0 Å². The van der Waals surface area contributed by atoms with Crippen LogP contribution in [0.1, 0.15) is 24.6 Å². The van der Waals surface area contributed by atoms with E-state index >= 15 is 0 Å². The second-order valence-electron chi connectivity index (χ2n) is 4.94. The SMILES string of the molecule is CC(Cc1cccs1)N(C)C(CN)C1CC1. The quantitative estimate of drug-likeness (QED) is 0.824. The van der Waals surface area contributed by atoms with Crippen molar-refractivity contribution in [2.24, 2.45) is 11.7 Å². The number of nitrogens with two attached hydrogens (primary N) is 1. The topological polar surface area (TPSA) is 29.3 Å². The Morgan fingerprint density at radius 2 is 2.31 bits per heavy atom. The van der Waals surface area contributed by atoms with Crippen molar-refractivity contribution in [3.05, 3.63) is 22.4 Å². The van der Waals surface area contributed by atoms with Gasteiger partial charge in [-0.2, -0.15) is 0 Å². The molecule has 2 unspecified atom stereocenters. The van der Waals surface area contributed by atoms with Gasteiger partial charge in [-0.1, -0.05) is 6.07 Å². The van der Waals surface area contributed by atoms with Crippen molar-refractivity contribution in [3.8, 4) is 0 Å². The molecule has 2 N–H and O–H groups in total. The molecule has 1 aliphatic rings. The summed E-state index contributed by atoms with van der Waals surface area (Å²) in [5.74, 6) is 0.862. The van der Waals surface area contributed by atoms with Crippen LogP contribution >= 0.6 is 11.3 Å². The van der Waals surface area contributed by atoms with E-state index in [4.69, 9.17) is 5.73 Å². The smallest absolute Gasteiger partial charge is 0.0246 e. The van der Waals surface area contributed by atoms with Crippen LogP contribution in [0, 0.1) is 5.92 Å². The van der Waals surface area contributed by atoms with Gasteiger partial charge in [-0.3, -0.25) is 4.90 Å². The fourth-order valence-electron chi connectivity index (χ4n) is 2.36. The Labute approximate surface area is 102 Å². The summed E-state index contributed by atoms with van der Waals surface area (Å²) in [5, 5.41) is 2.16. The number of rotatable bonds is 6. The first-order chi connectivity index (χ1) is 7.72. The standard InChI is InChI=1S/C13H22N2S/c1-10(8-12-4-3-7-16-12)15(2)13(9-14)11-5-6-11/h3-4,7,10-11,13H,5-6,8-9,14H2,1-2H3. The summed E-state index contributed by atoms with van der Waals surface area (Å²) in [7, 11) is 2.23. The van der Waals surface area contributed by atoms with Crippen LogP contribution in [0.5, 0.6) is 0 Å². The zero-order valence-corrected chi connectivity index (χ0v) is 11.0. The van der Waals surface area contributed by atoms with Gasteiger partial charge in [0.1, 0.15) is 0 Å². The molecule has 0 bridgehead atoms. The summed E-state index contributed by atoms with van der Waals surface area (Å²) in [4.78, 5) is 3.96. The molecule has 1 aromatic heterocycles. The number of hydrogen-bond donors (Lipinski definition) is 1. The normalized spacial score (nSPS) is 20.0. The Balaban J connectivity index is 1.89. The minimum atomic E-state index is 0.591.